The predicted molar refractivity (Wildman–Crippen MR) is 52.1 cm³/mol. The minimum Gasteiger partial charge on any atom is -0.382 e. The number of ether oxygens (including phenoxy) is 2. The monoisotopic (exact) mass is 192 g/mol. The van der Waals surface area contributed by atoms with Crippen molar-refractivity contribution in [2.75, 3.05) is 33.5 Å². The van der Waals surface area contributed by atoms with Gasteiger partial charge in [-0.25, -0.2) is 0 Å². The largest absolute Gasteiger partial charge is 0.382 e. The highest BCUT2D eigenvalue weighted by molar-refractivity contribution is 7.80. The van der Waals surface area contributed by atoms with Crippen molar-refractivity contribution >= 4 is 17.3 Å². The second-order valence-electron chi connectivity index (χ2n) is 2.25. The van der Waals surface area contributed by atoms with Crippen LogP contribution >= 0.6 is 12.2 Å². The van der Waals surface area contributed by atoms with Gasteiger partial charge in [-0.05, 0) is 18.6 Å². The Morgan fingerprint density at radius 2 is 2.17 bits per heavy atom. The van der Waals surface area contributed by atoms with E-state index in [4.69, 9.17) is 15.2 Å². The van der Waals surface area contributed by atoms with E-state index >= 15 is 0 Å². The maximum Gasteiger partial charge on any atom is 0.163 e. The van der Waals surface area contributed by atoms with Gasteiger partial charge in [0, 0.05) is 20.3 Å². The summed E-state index contributed by atoms with van der Waals surface area (Å²) in [5.74, 6) is 0. The van der Waals surface area contributed by atoms with Gasteiger partial charge in [-0.1, -0.05) is 0 Å². The highest BCUT2D eigenvalue weighted by Gasteiger charge is 1.89. The van der Waals surface area contributed by atoms with Gasteiger partial charge in [-0.3, -0.25) is 0 Å². The Hall–Kier alpha value is -0.390. The van der Waals surface area contributed by atoms with Crippen LogP contribution in [0.5, 0.6) is 0 Å². The van der Waals surface area contributed by atoms with E-state index in [0.29, 0.717) is 24.9 Å². The molecule has 0 amide bonds. The van der Waals surface area contributed by atoms with Crippen LogP contribution in [-0.4, -0.2) is 38.6 Å². The van der Waals surface area contributed by atoms with Crippen molar-refractivity contribution in [1.82, 2.24) is 5.32 Å². The summed E-state index contributed by atoms with van der Waals surface area (Å²) in [4.78, 5) is 0. The third kappa shape index (κ3) is 9.61. The normalized spacial score (nSPS) is 9.75. The molecule has 0 aliphatic heterocycles. The highest BCUT2D eigenvalue weighted by Crippen LogP contribution is 1.81. The number of nitrogens with one attached hydrogen (secondary N) is 1. The van der Waals surface area contributed by atoms with Gasteiger partial charge in [0.05, 0.1) is 13.2 Å². The molecule has 0 fully saturated rings. The molecule has 0 spiro atoms. The van der Waals surface area contributed by atoms with Crippen molar-refractivity contribution in [3.63, 3.8) is 0 Å². The molecule has 0 radical (unpaired) electrons. The average molecular weight is 192 g/mol. The smallest absolute Gasteiger partial charge is 0.163 e. The maximum absolute atomic E-state index is 5.21. The van der Waals surface area contributed by atoms with E-state index in [-0.39, 0.29) is 0 Å². The summed E-state index contributed by atoms with van der Waals surface area (Å²) in [5.41, 5.74) is 5.21. The zero-order chi connectivity index (χ0) is 9.23. The minimum absolute atomic E-state index is 0.340. The number of nitrogens with two attached hydrogens (primary N) is 1. The Morgan fingerprint density at radius 3 is 2.75 bits per heavy atom. The van der Waals surface area contributed by atoms with E-state index in [9.17, 15) is 0 Å². The topological polar surface area (TPSA) is 56.5 Å². The van der Waals surface area contributed by atoms with Gasteiger partial charge >= 0.3 is 0 Å². The molecule has 0 aliphatic carbocycles. The summed E-state index contributed by atoms with van der Waals surface area (Å²) < 4.78 is 10.0. The molecular formula is C7H16N2O2S. The van der Waals surface area contributed by atoms with Crippen LogP contribution in [-0.2, 0) is 9.47 Å². The van der Waals surface area contributed by atoms with Crippen LogP contribution in [0.4, 0.5) is 0 Å². The van der Waals surface area contributed by atoms with Crippen molar-refractivity contribution in [2.45, 2.75) is 6.42 Å². The SMILES string of the molecule is COCCOCCCNC(N)=S. The van der Waals surface area contributed by atoms with Gasteiger partial charge in [0.15, 0.2) is 5.11 Å². The van der Waals surface area contributed by atoms with Crippen LogP contribution < -0.4 is 11.1 Å². The summed E-state index contributed by atoms with van der Waals surface area (Å²) in [6.07, 6.45) is 0.904. The third-order valence-corrected chi connectivity index (χ3v) is 1.34. The molecule has 5 heteroatoms. The molecule has 3 N–H and O–H groups in total. The van der Waals surface area contributed by atoms with Crippen LogP contribution in [0.2, 0.25) is 0 Å². The molecule has 0 saturated carbocycles. The van der Waals surface area contributed by atoms with Crippen molar-refractivity contribution in [3.05, 3.63) is 0 Å². The van der Waals surface area contributed by atoms with E-state index in [1.54, 1.807) is 7.11 Å². The molecule has 12 heavy (non-hydrogen) atoms. The molecule has 0 aliphatic rings. The molecule has 0 aromatic carbocycles. The summed E-state index contributed by atoms with van der Waals surface area (Å²) in [6.45, 7) is 2.76. The molecular weight excluding hydrogens is 176 g/mol. The lowest BCUT2D eigenvalue weighted by Crippen LogP contribution is -2.30. The molecule has 0 unspecified atom stereocenters. The van der Waals surface area contributed by atoms with E-state index < -0.39 is 0 Å². The molecule has 0 aromatic heterocycles. The number of rotatable bonds is 7. The molecule has 0 heterocycles. The molecule has 4 nitrogen and oxygen atoms in total. The zero-order valence-corrected chi connectivity index (χ0v) is 8.15. The van der Waals surface area contributed by atoms with Gasteiger partial charge in [0.2, 0.25) is 0 Å². The molecule has 0 rings (SSSR count). The van der Waals surface area contributed by atoms with Gasteiger partial charge in [0.1, 0.15) is 0 Å². The molecule has 0 atom stereocenters. The lowest BCUT2D eigenvalue weighted by molar-refractivity contribution is 0.0699. The van der Waals surface area contributed by atoms with Crippen molar-refractivity contribution in [2.24, 2.45) is 5.73 Å². The van der Waals surface area contributed by atoms with Gasteiger partial charge in [-0.2, -0.15) is 0 Å². The second-order valence-corrected chi connectivity index (χ2v) is 2.69. The number of hydrogen-bond acceptors (Lipinski definition) is 3. The van der Waals surface area contributed by atoms with Crippen molar-refractivity contribution in [1.29, 1.82) is 0 Å². The summed E-state index contributed by atoms with van der Waals surface area (Å²) in [5, 5.41) is 3.17. The Balaban J connectivity index is 2.86. The van der Waals surface area contributed by atoms with Crippen LogP contribution in [0, 0.1) is 0 Å². The first-order valence-electron chi connectivity index (χ1n) is 3.87. The molecule has 72 valence electrons. The van der Waals surface area contributed by atoms with E-state index in [1.807, 2.05) is 0 Å². The standard InChI is InChI=1S/C7H16N2O2S/c1-10-5-6-11-4-2-3-9-7(8)12/h2-6H2,1H3,(H3,8,9,12). The first-order chi connectivity index (χ1) is 5.77. The summed E-state index contributed by atoms with van der Waals surface area (Å²) >= 11 is 4.62. The highest BCUT2D eigenvalue weighted by atomic mass is 32.1. The average Bonchev–Trinajstić information content (AvgIpc) is 2.02. The van der Waals surface area contributed by atoms with Crippen molar-refractivity contribution < 1.29 is 9.47 Å². The lowest BCUT2D eigenvalue weighted by Gasteiger charge is -2.04. The number of methoxy groups -OCH3 is 1. The molecule has 0 aromatic rings. The zero-order valence-electron chi connectivity index (χ0n) is 7.34. The fourth-order valence-electron chi connectivity index (χ4n) is 0.630. The van der Waals surface area contributed by atoms with Gasteiger partial charge < -0.3 is 20.5 Å². The summed E-state index contributed by atoms with van der Waals surface area (Å²) in [7, 11) is 1.65. The second kappa shape index (κ2) is 8.70. The fraction of sp³-hybridized carbons (Fsp3) is 0.857. The van der Waals surface area contributed by atoms with E-state index in [1.165, 1.54) is 0 Å². The fourth-order valence-corrected chi connectivity index (χ4v) is 0.732. The van der Waals surface area contributed by atoms with E-state index in [2.05, 4.69) is 17.5 Å². The Labute approximate surface area is 78.4 Å². The minimum atomic E-state index is 0.340. The first kappa shape index (κ1) is 11.6. The van der Waals surface area contributed by atoms with Crippen LogP contribution in [0.15, 0.2) is 0 Å². The van der Waals surface area contributed by atoms with E-state index in [0.717, 1.165) is 13.0 Å². The number of thiocarbonyl (C=S) groups is 1. The third-order valence-electron chi connectivity index (χ3n) is 1.20. The Morgan fingerprint density at radius 1 is 1.42 bits per heavy atom. The van der Waals surface area contributed by atoms with Gasteiger partial charge in [-0.15, -0.1) is 0 Å². The molecule has 0 saturated heterocycles. The summed E-state index contributed by atoms with van der Waals surface area (Å²) in [6, 6.07) is 0. The molecule has 0 bridgehead atoms. The lowest BCUT2D eigenvalue weighted by atomic mass is 10.4. The quantitative estimate of drug-likeness (QED) is 0.435. The van der Waals surface area contributed by atoms with Crippen molar-refractivity contribution in [3.8, 4) is 0 Å². The number of hydrogen-bond donors (Lipinski definition) is 2. The Kier molecular flexibility index (Phi) is 8.42. The first-order valence-corrected chi connectivity index (χ1v) is 4.28. The van der Waals surface area contributed by atoms with Gasteiger partial charge in [0.25, 0.3) is 0 Å². The predicted octanol–water partition coefficient (Wildman–Crippen LogP) is -0.127. The Bertz CT molecular complexity index is 122. The van der Waals surface area contributed by atoms with Crippen LogP contribution in [0.1, 0.15) is 6.42 Å². The van der Waals surface area contributed by atoms with Crippen LogP contribution in [0.25, 0.3) is 0 Å². The van der Waals surface area contributed by atoms with Crippen LogP contribution in [0.3, 0.4) is 0 Å². The maximum atomic E-state index is 5.21.